The van der Waals surface area contributed by atoms with Gasteiger partial charge in [-0.3, -0.25) is 0 Å². The van der Waals surface area contributed by atoms with E-state index < -0.39 is 0 Å². The summed E-state index contributed by atoms with van der Waals surface area (Å²) in [7, 11) is 0. The molecule has 1 aromatic carbocycles. The van der Waals surface area contributed by atoms with Crippen molar-refractivity contribution in [3.05, 3.63) is 42.7 Å². The Morgan fingerprint density at radius 2 is 2.00 bits per heavy atom. The molecule has 2 unspecified atom stereocenters. The second-order valence-corrected chi connectivity index (χ2v) is 6.13. The minimum atomic E-state index is 0.697. The van der Waals surface area contributed by atoms with Gasteiger partial charge in [-0.05, 0) is 18.8 Å². The lowest BCUT2D eigenvalue weighted by molar-refractivity contribution is 0.278. The molecule has 0 amide bonds. The van der Waals surface area contributed by atoms with Crippen LogP contribution >= 0.6 is 0 Å². The first kappa shape index (κ1) is 14.3. The van der Waals surface area contributed by atoms with Gasteiger partial charge in [-0.2, -0.15) is 0 Å². The summed E-state index contributed by atoms with van der Waals surface area (Å²) in [6.07, 6.45) is 9.45. The maximum absolute atomic E-state index is 4.50. The van der Waals surface area contributed by atoms with Gasteiger partial charge in [0.1, 0.15) is 5.82 Å². The molecule has 0 aliphatic heterocycles. The van der Waals surface area contributed by atoms with Crippen molar-refractivity contribution in [2.45, 2.75) is 45.2 Å². The summed E-state index contributed by atoms with van der Waals surface area (Å²) >= 11 is 0. The zero-order chi connectivity index (χ0) is 14.5. The summed E-state index contributed by atoms with van der Waals surface area (Å²) in [5.74, 6) is 1.88. The Kier molecular flexibility index (Phi) is 4.71. The molecule has 1 N–H and O–H groups in total. The first-order valence-electron chi connectivity index (χ1n) is 8.14. The number of aromatic nitrogens is 2. The van der Waals surface area contributed by atoms with Crippen molar-refractivity contribution in [3.8, 4) is 11.4 Å². The van der Waals surface area contributed by atoms with Crippen molar-refractivity contribution < 1.29 is 0 Å². The van der Waals surface area contributed by atoms with E-state index in [4.69, 9.17) is 0 Å². The Labute approximate surface area is 127 Å². The molecular weight excluding hydrogens is 258 g/mol. The molecule has 1 aliphatic rings. The predicted octanol–water partition coefficient (Wildman–Crippen LogP) is 3.72. The molecule has 3 nitrogen and oxygen atoms in total. The fraction of sp³-hybridized carbons (Fsp3) is 0.500. The van der Waals surface area contributed by atoms with Crippen LogP contribution in [0.1, 0.15) is 32.6 Å². The van der Waals surface area contributed by atoms with Crippen molar-refractivity contribution in [1.29, 1.82) is 0 Å². The van der Waals surface area contributed by atoms with Gasteiger partial charge in [0.05, 0.1) is 0 Å². The molecule has 0 spiro atoms. The number of rotatable bonds is 5. The van der Waals surface area contributed by atoms with E-state index in [1.54, 1.807) is 0 Å². The first-order valence-corrected chi connectivity index (χ1v) is 8.14. The lowest BCUT2D eigenvalue weighted by atomic mass is 9.86. The molecular formula is C18H25N3. The molecule has 1 fully saturated rings. The van der Waals surface area contributed by atoms with Crippen LogP contribution in [-0.4, -0.2) is 22.1 Å². The standard InChI is InChI=1S/C18H25N3/c1-15-7-5-6-10-17(15)19-11-13-21-14-12-20-18(21)16-8-3-2-4-9-16/h2-4,8-9,12,14-15,17,19H,5-7,10-11,13H2,1H3. The summed E-state index contributed by atoms with van der Waals surface area (Å²) < 4.78 is 2.25. The number of nitrogens with one attached hydrogen (secondary N) is 1. The lowest BCUT2D eigenvalue weighted by Crippen LogP contribution is -2.38. The Morgan fingerprint density at radius 1 is 1.19 bits per heavy atom. The largest absolute Gasteiger partial charge is 0.330 e. The number of imidazole rings is 1. The molecule has 0 saturated heterocycles. The molecule has 2 aromatic rings. The van der Waals surface area contributed by atoms with E-state index in [0.717, 1.165) is 24.8 Å². The first-order chi connectivity index (χ1) is 10.3. The van der Waals surface area contributed by atoms with E-state index >= 15 is 0 Å². The van der Waals surface area contributed by atoms with Gasteiger partial charge in [-0.1, -0.05) is 50.1 Å². The van der Waals surface area contributed by atoms with Crippen LogP contribution < -0.4 is 5.32 Å². The number of hydrogen-bond acceptors (Lipinski definition) is 2. The number of hydrogen-bond donors (Lipinski definition) is 1. The lowest BCUT2D eigenvalue weighted by Gasteiger charge is -2.29. The van der Waals surface area contributed by atoms with Crippen molar-refractivity contribution in [1.82, 2.24) is 14.9 Å². The normalized spacial score (nSPS) is 22.3. The van der Waals surface area contributed by atoms with Crippen LogP contribution in [0.25, 0.3) is 11.4 Å². The zero-order valence-corrected chi connectivity index (χ0v) is 12.8. The van der Waals surface area contributed by atoms with Crippen LogP contribution in [0.4, 0.5) is 0 Å². The Morgan fingerprint density at radius 3 is 2.81 bits per heavy atom. The average Bonchev–Trinajstić information content (AvgIpc) is 2.99. The van der Waals surface area contributed by atoms with E-state index in [2.05, 4.69) is 52.3 Å². The van der Waals surface area contributed by atoms with Crippen LogP contribution in [0.3, 0.4) is 0 Å². The fourth-order valence-electron chi connectivity index (χ4n) is 3.33. The summed E-state index contributed by atoms with van der Waals surface area (Å²) in [4.78, 5) is 4.50. The SMILES string of the molecule is CC1CCCCC1NCCn1ccnc1-c1ccccc1. The molecule has 1 heterocycles. The molecule has 112 valence electrons. The molecule has 1 aliphatic carbocycles. The summed E-state index contributed by atoms with van der Waals surface area (Å²) in [6, 6.07) is 11.1. The van der Waals surface area contributed by atoms with Gasteiger partial charge in [-0.15, -0.1) is 0 Å². The highest BCUT2D eigenvalue weighted by Crippen LogP contribution is 2.23. The second-order valence-electron chi connectivity index (χ2n) is 6.13. The minimum absolute atomic E-state index is 0.697. The monoisotopic (exact) mass is 283 g/mol. The maximum Gasteiger partial charge on any atom is 0.139 e. The smallest absolute Gasteiger partial charge is 0.139 e. The van der Waals surface area contributed by atoms with Gasteiger partial charge >= 0.3 is 0 Å². The molecule has 0 radical (unpaired) electrons. The molecule has 1 saturated carbocycles. The Hall–Kier alpha value is -1.61. The zero-order valence-electron chi connectivity index (χ0n) is 12.8. The van der Waals surface area contributed by atoms with Gasteiger partial charge in [0, 0.05) is 37.1 Å². The number of nitrogens with zero attached hydrogens (tertiary/aromatic N) is 2. The van der Waals surface area contributed by atoms with Crippen molar-refractivity contribution in [2.75, 3.05) is 6.54 Å². The Balaban J connectivity index is 1.58. The molecule has 21 heavy (non-hydrogen) atoms. The Bertz CT molecular complexity index is 547. The highest BCUT2D eigenvalue weighted by molar-refractivity contribution is 5.55. The third-order valence-corrected chi connectivity index (χ3v) is 4.62. The average molecular weight is 283 g/mol. The van der Waals surface area contributed by atoms with Gasteiger partial charge in [-0.25, -0.2) is 4.98 Å². The van der Waals surface area contributed by atoms with Crippen LogP contribution in [-0.2, 0) is 6.54 Å². The minimum Gasteiger partial charge on any atom is -0.330 e. The van der Waals surface area contributed by atoms with Gasteiger partial charge < -0.3 is 9.88 Å². The van der Waals surface area contributed by atoms with Crippen molar-refractivity contribution in [2.24, 2.45) is 5.92 Å². The summed E-state index contributed by atoms with van der Waals surface area (Å²) in [5.41, 5.74) is 1.19. The summed E-state index contributed by atoms with van der Waals surface area (Å²) in [6.45, 7) is 4.38. The van der Waals surface area contributed by atoms with E-state index in [1.165, 1.54) is 31.2 Å². The van der Waals surface area contributed by atoms with Gasteiger partial charge in [0.2, 0.25) is 0 Å². The highest BCUT2D eigenvalue weighted by Gasteiger charge is 2.20. The van der Waals surface area contributed by atoms with E-state index in [9.17, 15) is 0 Å². The quantitative estimate of drug-likeness (QED) is 0.906. The van der Waals surface area contributed by atoms with Crippen LogP contribution in [0.5, 0.6) is 0 Å². The molecule has 2 atom stereocenters. The van der Waals surface area contributed by atoms with E-state index in [1.807, 2.05) is 12.3 Å². The topological polar surface area (TPSA) is 29.9 Å². The molecule has 1 aromatic heterocycles. The van der Waals surface area contributed by atoms with Crippen LogP contribution in [0.15, 0.2) is 42.7 Å². The molecule has 3 rings (SSSR count). The fourth-order valence-corrected chi connectivity index (χ4v) is 3.33. The third-order valence-electron chi connectivity index (χ3n) is 4.62. The van der Waals surface area contributed by atoms with Crippen LogP contribution in [0, 0.1) is 5.92 Å². The van der Waals surface area contributed by atoms with Crippen molar-refractivity contribution in [3.63, 3.8) is 0 Å². The second kappa shape index (κ2) is 6.90. The molecule has 0 bridgehead atoms. The van der Waals surface area contributed by atoms with Gasteiger partial charge in [0.25, 0.3) is 0 Å². The van der Waals surface area contributed by atoms with Crippen LogP contribution in [0.2, 0.25) is 0 Å². The number of benzene rings is 1. The maximum atomic E-state index is 4.50. The highest BCUT2D eigenvalue weighted by atomic mass is 15.1. The third kappa shape index (κ3) is 3.53. The summed E-state index contributed by atoms with van der Waals surface area (Å²) in [5, 5.41) is 3.74. The van der Waals surface area contributed by atoms with Gasteiger partial charge in [0.15, 0.2) is 0 Å². The van der Waals surface area contributed by atoms with Crippen molar-refractivity contribution >= 4 is 0 Å². The molecule has 3 heteroatoms. The van der Waals surface area contributed by atoms with E-state index in [-0.39, 0.29) is 0 Å². The predicted molar refractivity (Wildman–Crippen MR) is 87.1 cm³/mol. The van der Waals surface area contributed by atoms with E-state index in [0.29, 0.717) is 6.04 Å².